The molecular weight excluding hydrogens is 300 g/mol. The molecule has 138 valence electrons. The lowest BCUT2D eigenvalue weighted by Crippen LogP contribution is -2.36. The average molecular weight is 337 g/mol. The zero-order valence-corrected chi connectivity index (χ0v) is 16.4. The van der Waals surface area contributed by atoms with E-state index in [1.165, 1.54) is 6.42 Å². The Morgan fingerprint density at radius 3 is 2.50 bits per heavy atom. The Kier molecular flexibility index (Phi) is 9.17. The molecule has 24 heavy (non-hydrogen) atoms. The first-order chi connectivity index (χ1) is 11.4. The van der Waals surface area contributed by atoms with E-state index in [-0.39, 0.29) is 12.1 Å². The molecule has 0 N–H and O–H groups in total. The molecule has 0 aromatic carbocycles. The van der Waals surface area contributed by atoms with E-state index >= 15 is 0 Å². The number of allylic oxidation sites excluding steroid dienone is 2. The summed E-state index contributed by atoms with van der Waals surface area (Å²) >= 11 is 0. The Balaban J connectivity index is 2.68. The number of esters is 1. The standard InChI is InChI=1S/C21H36O3/c1-7-8-9-10-13-23-20(16(4)5)21(22)24-19-14-17(6)11-12-18(19)15(2)3/h9-10,15,17-19H,7-8,11-14H2,1-6H3/b10-9-/t17-,18+,19-/m1/s1. The summed E-state index contributed by atoms with van der Waals surface area (Å²) in [7, 11) is 0. The van der Waals surface area contributed by atoms with Crippen molar-refractivity contribution < 1.29 is 14.3 Å². The number of rotatable bonds is 8. The highest BCUT2D eigenvalue weighted by molar-refractivity contribution is 5.87. The summed E-state index contributed by atoms with van der Waals surface area (Å²) in [5.74, 6) is 1.67. The van der Waals surface area contributed by atoms with Gasteiger partial charge in [0.15, 0.2) is 0 Å². The number of hydrogen-bond donors (Lipinski definition) is 0. The van der Waals surface area contributed by atoms with E-state index in [1.54, 1.807) is 0 Å². The first kappa shape index (κ1) is 20.8. The molecule has 1 rings (SSSR count). The van der Waals surface area contributed by atoms with Gasteiger partial charge in [-0.25, -0.2) is 4.79 Å². The molecule has 0 aliphatic heterocycles. The van der Waals surface area contributed by atoms with Crippen LogP contribution in [0.5, 0.6) is 0 Å². The van der Waals surface area contributed by atoms with Gasteiger partial charge in [-0.2, -0.15) is 0 Å². The van der Waals surface area contributed by atoms with Crippen molar-refractivity contribution in [3.05, 3.63) is 23.5 Å². The second-order valence-electron chi connectivity index (χ2n) is 7.67. The summed E-state index contributed by atoms with van der Waals surface area (Å²) in [5.41, 5.74) is 0.869. The fourth-order valence-electron chi connectivity index (χ4n) is 3.33. The molecular formula is C21H36O3. The number of ether oxygens (including phenoxy) is 2. The van der Waals surface area contributed by atoms with Gasteiger partial charge in [0.2, 0.25) is 5.76 Å². The molecule has 0 saturated heterocycles. The lowest BCUT2D eigenvalue weighted by molar-refractivity contribution is -0.155. The lowest BCUT2D eigenvalue weighted by Gasteiger charge is -2.36. The molecule has 0 aromatic rings. The van der Waals surface area contributed by atoms with Crippen LogP contribution in [0.25, 0.3) is 0 Å². The maximum atomic E-state index is 12.6. The molecule has 0 aromatic heterocycles. The van der Waals surface area contributed by atoms with E-state index in [2.05, 4.69) is 33.8 Å². The summed E-state index contributed by atoms with van der Waals surface area (Å²) < 4.78 is 11.6. The van der Waals surface area contributed by atoms with Crippen LogP contribution in [0.4, 0.5) is 0 Å². The molecule has 0 bridgehead atoms. The predicted molar refractivity (Wildman–Crippen MR) is 99.6 cm³/mol. The quantitative estimate of drug-likeness (QED) is 0.248. The summed E-state index contributed by atoms with van der Waals surface area (Å²) in [6.45, 7) is 13.0. The Labute approximate surface area is 148 Å². The van der Waals surface area contributed by atoms with Crippen molar-refractivity contribution >= 4 is 5.97 Å². The maximum absolute atomic E-state index is 12.6. The minimum absolute atomic E-state index is 0.00911. The van der Waals surface area contributed by atoms with Gasteiger partial charge in [0.1, 0.15) is 12.7 Å². The van der Waals surface area contributed by atoms with Crippen molar-refractivity contribution in [1.82, 2.24) is 0 Å². The normalized spacial score (nSPS) is 24.2. The highest BCUT2D eigenvalue weighted by Crippen LogP contribution is 2.35. The average Bonchev–Trinajstić information content (AvgIpc) is 2.50. The number of carbonyl (C=O) groups excluding carboxylic acids is 1. The first-order valence-electron chi connectivity index (χ1n) is 9.53. The topological polar surface area (TPSA) is 35.5 Å². The van der Waals surface area contributed by atoms with Crippen molar-refractivity contribution in [2.45, 2.75) is 79.8 Å². The second kappa shape index (κ2) is 10.6. The van der Waals surface area contributed by atoms with Gasteiger partial charge in [-0.05, 0) is 56.4 Å². The molecule has 0 amide bonds. The van der Waals surface area contributed by atoms with Crippen LogP contribution in [0.1, 0.15) is 73.6 Å². The number of unbranched alkanes of at least 4 members (excludes halogenated alkanes) is 1. The highest BCUT2D eigenvalue weighted by Gasteiger charge is 2.34. The van der Waals surface area contributed by atoms with Crippen LogP contribution in [-0.2, 0) is 14.3 Å². The SMILES string of the molecule is CCC/C=C\COC(C(=O)O[C@@H]1C[C@H](C)CC[C@H]1C(C)C)=C(C)C. The lowest BCUT2D eigenvalue weighted by atomic mass is 9.75. The molecule has 0 heterocycles. The summed E-state index contributed by atoms with van der Waals surface area (Å²) in [6.07, 6.45) is 9.55. The molecule has 3 nitrogen and oxygen atoms in total. The predicted octanol–water partition coefficient (Wildman–Crippen LogP) is 5.66. The minimum atomic E-state index is -0.302. The van der Waals surface area contributed by atoms with Gasteiger partial charge in [-0.1, -0.05) is 52.7 Å². The molecule has 1 fully saturated rings. The molecule has 0 radical (unpaired) electrons. The van der Waals surface area contributed by atoms with Crippen LogP contribution in [0.2, 0.25) is 0 Å². The van der Waals surface area contributed by atoms with Gasteiger partial charge >= 0.3 is 5.97 Å². The van der Waals surface area contributed by atoms with Crippen LogP contribution >= 0.6 is 0 Å². The van der Waals surface area contributed by atoms with Crippen LogP contribution in [0.15, 0.2) is 23.5 Å². The molecule has 0 unspecified atom stereocenters. The van der Waals surface area contributed by atoms with E-state index in [4.69, 9.17) is 9.47 Å². The third kappa shape index (κ3) is 6.70. The van der Waals surface area contributed by atoms with E-state index < -0.39 is 0 Å². The molecule has 1 aliphatic carbocycles. The zero-order valence-electron chi connectivity index (χ0n) is 16.4. The summed E-state index contributed by atoms with van der Waals surface area (Å²) in [6, 6.07) is 0. The van der Waals surface area contributed by atoms with E-state index in [9.17, 15) is 4.79 Å². The van der Waals surface area contributed by atoms with E-state index in [0.717, 1.165) is 31.3 Å². The summed E-state index contributed by atoms with van der Waals surface area (Å²) in [4.78, 5) is 12.6. The Morgan fingerprint density at radius 2 is 1.92 bits per heavy atom. The second-order valence-corrected chi connectivity index (χ2v) is 7.67. The fourth-order valence-corrected chi connectivity index (χ4v) is 3.33. The Morgan fingerprint density at radius 1 is 1.21 bits per heavy atom. The monoisotopic (exact) mass is 336 g/mol. The number of carbonyl (C=O) groups is 1. The van der Waals surface area contributed by atoms with Crippen LogP contribution in [0.3, 0.4) is 0 Å². The van der Waals surface area contributed by atoms with Crippen molar-refractivity contribution in [3.63, 3.8) is 0 Å². The Hall–Kier alpha value is -1.25. The molecule has 1 saturated carbocycles. The smallest absolute Gasteiger partial charge is 0.373 e. The third-order valence-corrected chi connectivity index (χ3v) is 4.81. The number of hydrogen-bond acceptors (Lipinski definition) is 3. The van der Waals surface area contributed by atoms with Gasteiger partial charge in [0, 0.05) is 0 Å². The van der Waals surface area contributed by atoms with E-state index in [0.29, 0.717) is 30.1 Å². The summed E-state index contributed by atoms with van der Waals surface area (Å²) in [5, 5.41) is 0. The molecule has 3 atom stereocenters. The largest absolute Gasteiger partial charge is 0.482 e. The van der Waals surface area contributed by atoms with Gasteiger partial charge in [0.05, 0.1) is 0 Å². The minimum Gasteiger partial charge on any atom is -0.482 e. The van der Waals surface area contributed by atoms with Crippen molar-refractivity contribution in [3.8, 4) is 0 Å². The van der Waals surface area contributed by atoms with E-state index in [1.807, 2.05) is 19.9 Å². The van der Waals surface area contributed by atoms with Crippen LogP contribution < -0.4 is 0 Å². The van der Waals surface area contributed by atoms with Crippen molar-refractivity contribution in [2.24, 2.45) is 17.8 Å². The van der Waals surface area contributed by atoms with Crippen molar-refractivity contribution in [2.75, 3.05) is 6.61 Å². The van der Waals surface area contributed by atoms with Crippen LogP contribution in [-0.4, -0.2) is 18.7 Å². The van der Waals surface area contributed by atoms with Gasteiger partial charge in [-0.15, -0.1) is 0 Å². The van der Waals surface area contributed by atoms with Gasteiger partial charge in [0.25, 0.3) is 0 Å². The Bertz CT molecular complexity index is 444. The first-order valence-corrected chi connectivity index (χ1v) is 9.53. The molecule has 0 spiro atoms. The maximum Gasteiger partial charge on any atom is 0.373 e. The fraction of sp³-hybridized carbons (Fsp3) is 0.762. The molecule has 3 heteroatoms. The van der Waals surface area contributed by atoms with Crippen LogP contribution in [0, 0.1) is 17.8 Å². The highest BCUT2D eigenvalue weighted by atomic mass is 16.6. The molecule has 1 aliphatic rings. The van der Waals surface area contributed by atoms with Gasteiger partial charge in [-0.3, -0.25) is 0 Å². The zero-order chi connectivity index (χ0) is 18.1. The van der Waals surface area contributed by atoms with Crippen molar-refractivity contribution in [1.29, 1.82) is 0 Å². The van der Waals surface area contributed by atoms with Gasteiger partial charge < -0.3 is 9.47 Å². The third-order valence-electron chi connectivity index (χ3n) is 4.81.